The van der Waals surface area contributed by atoms with Crippen molar-refractivity contribution in [1.82, 2.24) is 0 Å². The highest BCUT2D eigenvalue weighted by Gasteiger charge is 2.57. The minimum atomic E-state index is -0.670. The fourth-order valence-corrected chi connectivity index (χ4v) is 15.7. The van der Waals surface area contributed by atoms with Crippen molar-refractivity contribution in [1.29, 1.82) is 0 Å². The van der Waals surface area contributed by atoms with Crippen LogP contribution in [0.4, 0.5) is 0 Å². The normalized spacial score (nSPS) is 42.3. The predicted molar refractivity (Wildman–Crippen MR) is 172 cm³/mol. The molecule has 4 aliphatic carbocycles. The molecular weight excluding hydrogens is 476 g/mol. The highest BCUT2D eigenvalue weighted by molar-refractivity contribution is 8.33. The highest BCUT2D eigenvalue weighted by atomic mass is 32.3. The monoisotopic (exact) mass is 538 g/mol. The van der Waals surface area contributed by atoms with Crippen LogP contribution in [0.2, 0.25) is 0 Å². The molecule has 0 amide bonds. The third-order valence-corrected chi connectivity index (χ3v) is 17.5. The zero-order chi connectivity index (χ0) is 27.9. The van der Waals surface area contributed by atoms with E-state index in [-0.39, 0.29) is 10.8 Å². The molecule has 1 heteroatoms. The van der Waals surface area contributed by atoms with Crippen molar-refractivity contribution in [2.24, 2.45) is 47.3 Å². The summed E-state index contributed by atoms with van der Waals surface area (Å²) in [5.74, 6) is 8.12. The van der Waals surface area contributed by atoms with Gasteiger partial charge in [-0.25, -0.2) is 10.0 Å². The number of hydrogen-bond acceptors (Lipinski definition) is 0. The molecule has 0 N–H and O–H groups in total. The Balaban J connectivity index is 1.54. The van der Waals surface area contributed by atoms with Gasteiger partial charge in [-0.05, 0) is 129 Å². The SMILES string of the molecule is CC1C(C)C(C)C(S(C)(C)C2CCC3C2CC2CCCC2C3c2cc(C(C)(C)C)cc(C(C)(C)C)c2)C1C. The van der Waals surface area contributed by atoms with Crippen LogP contribution in [0.1, 0.15) is 130 Å². The summed E-state index contributed by atoms with van der Waals surface area (Å²) in [7, 11) is -0.670. The first-order valence-corrected chi connectivity index (χ1v) is 19.0. The van der Waals surface area contributed by atoms with Gasteiger partial charge in [0.15, 0.2) is 0 Å². The fraction of sp³-hybridized carbons (Fsp3) is 0.838. The zero-order valence-electron chi connectivity index (χ0n) is 27.2. The van der Waals surface area contributed by atoms with Gasteiger partial charge in [0, 0.05) is 0 Å². The average Bonchev–Trinajstić information content (AvgIpc) is 3.50. The Morgan fingerprint density at radius 2 is 1.18 bits per heavy atom. The molecule has 0 aromatic heterocycles. The van der Waals surface area contributed by atoms with E-state index in [0.717, 1.165) is 63.8 Å². The lowest BCUT2D eigenvalue weighted by atomic mass is 9.61. The Kier molecular flexibility index (Phi) is 7.53. The van der Waals surface area contributed by atoms with Gasteiger partial charge in [0.1, 0.15) is 0 Å². The molecule has 5 rings (SSSR count). The molecule has 0 spiro atoms. The maximum atomic E-state index is 2.80. The first-order chi connectivity index (χ1) is 17.5. The average molecular weight is 539 g/mol. The molecule has 4 saturated carbocycles. The molecule has 38 heavy (non-hydrogen) atoms. The van der Waals surface area contributed by atoms with Crippen molar-refractivity contribution in [2.45, 2.75) is 135 Å². The Hall–Kier alpha value is -0.430. The van der Waals surface area contributed by atoms with E-state index >= 15 is 0 Å². The van der Waals surface area contributed by atoms with Crippen LogP contribution in [0.5, 0.6) is 0 Å². The largest absolute Gasteiger partial charge is 0.240 e. The van der Waals surface area contributed by atoms with Gasteiger partial charge >= 0.3 is 0 Å². The van der Waals surface area contributed by atoms with Gasteiger partial charge in [0.05, 0.1) is 0 Å². The summed E-state index contributed by atoms with van der Waals surface area (Å²) in [6, 6.07) is 7.92. The standard InChI is InChI=1S/C37H62S/c1-22-23(2)25(4)35(24(22)3)38(11,12)33-17-16-31-32(33)20-26-14-13-15-30(26)34(31)27-18-28(36(5,6)7)21-29(19-27)37(8,9)10/h18-19,21-26,30-35H,13-17,20H2,1-12H3. The quantitative estimate of drug-likeness (QED) is 0.359. The lowest BCUT2D eigenvalue weighted by Gasteiger charge is -2.53. The van der Waals surface area contributed by atoms with Crippen LogP contribution < -0.4 is 0 Å². The smallest absolute Gasteiger partial charge is 0.00575 e. The van der Waals surface area contributed by atoms with Crippen molar-refractivity contribution in [3.8, 4) is 0 Å². The van der Waals surface area contributed by atoms with Crippen molar-refractivity contribution in [3.63, 3.8) is 0 Å². The van der Waals surface area contributed by atoms with Gasteiger partial charge in [0.2, 0.25) is 0 Å². The Morgan fingerprint density at radius 1 is 0.632 bits per heavy atom. The molecule has 4 aliphatic rings. The van der Waals surface area contributed by atoms with E-state index < -0.39 is 10.0 Å². The fourth-order valence-electron chi connectivity index (χ4n) is 10.6. The molecule has 0 aliphatic heterocycles. The second-order valence-corrected chi connectivity index (χ2v) is 21.4. The van der Waals surface area contributed by atoms with Crippen molar-refractivity contribution >= 4 is 10.0 Å². The minimum absolute atomic E-state index is 0.200. The van der Waals surface area contributed by atoms with Crippen LogP contribution >= 0.6 is 10.0 Å². The summed E-state index contributed by atoms with van der Waals surface area (Å²) in [6.45, 7) is 24.9. The van der Waals surface area contributed by atoms with Crippen LogP contribution in [0.15, 0.2) is 18.2 Å². The predicted octanol–water partition coefficient (Wildman–Crippen LogP) is 10.6. The molecule has 0 nitrogen and oxygen atoms in total. The van der Waals surface area contributed by atoms with Gasteiger partial charge in [-0.2, -0.15) is 0 Å². The molecule has 10 unspecified atom stereocenters. The maximum absolute atomic E-state index is 2.80. The number of rotatable bonds is 3. The summed E-state index contributed by atoms with van der Waals surface area (Å²) in [5, 5.41) is 1.93. The zero-order valence-corrected chi connectivity index (χ0v) is 28.1. The topological polar surface area (TPSA) is 0 Å². The lowest BCUT2D eigenvalue weighted by molar-refractivity contribution is 0.123. The summed E-state index contributed by atoms with van der Waals surface area (Å²) in [6.07, 6.45) is 14.6. The first kappa shape index (κ1) is 29.1. The van der Waals surface area contributed by atoms with Crippen LogP contribution in [-0.4, -0.2) is 23.0 Å². The molecule has 1 aromatic rings. The van der Waals surface area contributed by atoms with E-state index in [1.165, 1.54) is 32.1 Å². The number of fused-ring (bicyclic) bond motifs is 2. The second-order valence-electron chi connectivity index (χ2n) is 17.3. The highest BCUT2D eigenvalue weighted by Crippen LogP contribution is 2.70. The second kappa shape index (κ2) is 9.84. The molecular formula is C37H62S. The molecule has 0 saturated heterocycles. The van der Waals surface area contributed by atoms with E-state index in [9.17, 15) is 0 Å². The van der Waals surface area contributed by atoms with Crippen LogP contribution in [0.3, 0.4) is 0 Å². The molecule has 0 heterocycles. The van der Waals surface area contributed by atoms with Gasteiger partial charge in [0.25, 0.3) is 0 Å². The Morgan fingerprint density at radius 3 is 1.71 bits per heavy atom. The van der Waals surface area contributed by atoms with E-state index in [0.29, 0.717) is 0 Å². The molecule has 216 valence electrons. The van der Waals surface area contributed by atoms with E-state index in [4.69, 9.17) is 0 Å². The van der Waals surface area contributed by atoms with Crippen molar-refractivity contribution in [3.05, 3.63) is 34.9 Å². The Labute approximate surface area is 239 Å². The number of hydrogen-bond donors (Lipinski definition) is 0. The van der Waals surface area contributed by atoms with Crippen molar-refractivity contribution < 1.29 is 0 Å². The van der Waals surface area contributed by atoms with Gasteiger partial charge < -0.3 is 0 Å². The van der Waals surface area contributed by atoms with E-state index in [2.05, 4.69) is 99.9 Å². The molecule has 0 bridgehead atoms. The van der Waals surface area contributed by atoms with Gasteiger partial charge in [-0.1, -0.05) is 100 Å². The minimum Gasteiger partial charge on any atom is -0.240 e. The van der Waals surface area contributed by atoms with Crippen molar-refractivity contribution in [2.75, 3.05) is 12.5 Å². The maximum Gasteiger partial charge on any atom is -0.00575 e. The molecule has 10 atom stereocenters. The third-order valence-electron chi connectivity index (χ3n) is 13.1. The number of benzene rings is 1. The summed E-state index contributed by atoms with van der Waals surface area (Å²) in [5.41, 5.74) is 5.26. The van der Waals surface area contributed by atoms with Gasteiger partial charge in [-0.15, -0.1) is 0 Å². The van der Waals surface area contributed by atoms with Crippen LogP contribution in [0.25, 0.3) is 0 Å². The first-order valence-electron chi connectivity index (χ1n) is 16.4. The summed E-state index contributed by atoms with van der Waals surface area (Å²) >= 11 is 0. The summed E-state index contributed by atoms with van der Waals surface area (Å²) in [4.78, 5) is 0. The molecule has 1 aromatic carbocycles. The van der Waals surface area contributed by atoms with Gasteiger partial charge in [-0.3, -0.25) is 0 Å². The van der Waals surface area contributed by atoms with Crippen LogP contribution in [0, 0.1) is 47.3 Å². The lowest BCUT2D eigenvalue weighted by Crippen LogP contribution is -2.41. The summed E-state index contributed by atoms with van der Waals surface area (Å²) < 4.78 is 0. The Bertz CT molecular complexity index is 958. The van der Waals surface area contributed by atoms with Crippen LogP contribution in [-0.2, 0) is 10.8 Å². The van der Waals surface area contributed by atoms with E-state index in [1.54, 1.807) is 23.1 Å². The molecule has 0 radical (unpaired) electrons. The van der Waals surface area contributed by atoms with E-state index in [1.807, 2.05) is 0 Å². The molecule has 4 fully saturated rings. The third kappa shape index (κ3) is 4.75.